The standard InChI is InChI=1S/C28H25FN8O2S/c1-37(2)20-11-18(13-30-14-20)23-12-22-24(15-32-23)35-36-26(22)28-33-25-21(4-6-31-27(25)34-28)17-8-16(9-19(29)10-17)5-7-40(3,38)39/h4,6,8-15H,5,7H2,1-3H3,(H,35,36)(H,31,33,34). The molecule has 1 aromatic carbocycles. The molecule has 5 aromatic heterocycles. The van der Waals surface area contributed by atoms with Crippen LogP contribution >= 0.6 is 0 Å². The van der Waals surface area contributed by atoms with Gasteiger partial charge < -0.3 is 9.88 Å². The number of hydrogen-bond donors (Lipinski definition) is 2. The molecule has 10 nitrogen and oxygen atoms in total. The highest BCUT2D eigenvalue weighted by Gasteiger charge is 2.18. The lowest BCUT2D eigenvalue weighted by atomic mass is 10.0. The van der Waals surface area contributed by atoms with Gasteiger partial charge in [0.15, 0.2) is 11.5 Å². The smallest absolute Gasteiger partial charge is 0.178 e. The normalized spacial score (nSPS) is 11.9. The number of pyridine rings is 3. The second-order valence-corrected chi connectivity index (χ2v) is 12.1. The number of aromatic amines is 2. The molecule has 0 atom stereocenters. The quantitative estimate of drug-likeness (QED) is 0.295. The number of benzene rings is 1. The number of sulfone groups is 1. The number of rotatable bonds is 7. The van der Waals surface area contributed by atoms with Gasteiger partial charge in [0.05, 0.1) is 40.6 Å². The summed E-state index contributed by atoms with van der Waals surface area (Å²) in [7, 11) is 0.726. The molecule has 12 heteroatoms. The van der Waals surface area contributed by atoms with Crippen LogP contribution in [-0.4, -0.2) is 69.6 Å². The maximum absolute atomic E-state index is 14.6. The van der Waals surface area contributed by atoms with E-state index in [1.807, 2.05) is 31.1 Å². The molecule has 0 amide bonds. The molecule has 0 aliphatic rings. The minimum atomic E-state index is -3.18. The highest BCUT2D eigenvalue weighted by atomic mass is 32.2. The predicted molar refractivity (Wildman–Crippen MR) is 153 cm³/mol. The van der Waals surface area contributed by atoms with E-state index in [0.717, 1.165) is 27.8 Å². The molecule has 0 unspecified atom stereocenters. The Morgan fingerprint density at radius 1 is 1.00 bits per heavy atom. The van der Waals surface area contributed by atoms with Gasteiger partial charge in [0, 0.05) is 49.3 Å². The van der Waals surface area contributed by atoms with Crippen LogP contribution in [0.25, 0.3) is 56.0 Å². The fourth-order valence-corrected chi connectivity index (χ4v) is 5.19. The molecule has 202 valence electrons. The third kappa shape index (κ3) is 5.00. The Balaban J connectivity index is 1.42. The van der Waals surface area contributed by atoms with Gasteiger partial charge in [-0.25, -0.2) is 22.8 Å². The summed E-state index contributed by atoms with van der Waals surface area (Å²) in [5.74, 6) is -0.0156. The monoisotopic (exact) mass is 556 g/mol. The summed E-state index contributed by atoms with van der Waals surface area (Å²) in [6.45, 7) is 0. The molecule has 6 aromatic rings. The zero-order valence-electron chi connectivity index (χ0n) is 22.0. The lowest BCUT2D eigenvalue weighted by molar-refractivity contribution is 0.600. The number of imidazole rings is 1. The first-order chi connectivity index (χ1) is 19.1. The Labute approximate surface area is 229 Å². The van der Waals surface area contributed by atoms with Crippen molar-refractivity contribution in [2.24, 2.45) is 0 Å². The molecule has 5 heterocycles. The lowest BCUT2D eigenvalue weighted by Crippen LogP contribution is -2.08. The van der Waals surface area contributed by atoms with Gasteiger partial charge in [0.25, 0.3) is 0 Å². The average molecular weight is 557 g/mol. The minimum Gasteiger partial charge on any atom is -0.376 e. The molecule has 0 bridgehead atoms. The van der Waals surface area contributed by atoms with Crippen LogP contribution in [0.2, 0.25) is 0 Å². The predicted octanol–water partition coefficient (Wildman–Crippen LogP) is 4.42. The van der Waals surface area contributed by atoms with Crippen molar-refractivity contribution in [2.45, 2.75) is 6.42 Å². The molecule has 0 radical (unpaired) electrons. The van der Waals surface area contributed by atoms with E-state index in [-0.39, 0.29) is 12.2 Å². The topological polar surface area (TPSA) is 133 Å². The second-order valence-electron chi connectivity index (χ2n) is 9.88. The highest BCUT2D eigenvalue weighted by molar-refractivity contribution is 7.90. The van der Waals surface area contributed by atoms with Crippen molar-refractivity contribution >= 4 is 37.6 Å². The van der Waals surface area contributed by atoms with Crippen molar-refractivity contribution < 1.29 is 12.8 Å². The summed E-state index contributed by atoms with van der Waals surface area (Å²) in [5, 5.41) is 8.32. The van der Waals surface area contributed by atoms with Gasteiger partial charge >= 0.3 is 0 Å². The third-order valence-corrected chi connectivity index (χ3v) is 7.58. The Bertz CT molecular complexity index is 2000. The van der Waals surface area contributed by atoms with Crippen LogP contribution in [0, 0.1) is 5.82 Å². The molecule has 0 aliphatic heterocycles. The second kappa shape index (κ2) is 9.79. The highest BCUT2D eigenvalue weighted by Crippen LogP contribution is 2.33. The fourth-order valence-electron chi connectivity index (χ4n) is 4.58. The Morgan fingerprint density at radius 3 is 2.65 bits per heavy atom. The number of nitrogens with one attached hydrogen (secondary N) is 2. The third-order valence-electron chi connectivity index (χ3n) is 6.63. The lowest BCUT2D eigenvalue weighted by Gasteiger charge is -2.12. The summed E-state index contributed by atoms with van der Waals surface area (Å²) in [4.78, 5) is 23.3. The molecular formula is C28H25FN8O2S. The molecule has 2 N–H and O–H groups in total. The van der Waals surface area contributed by atoms with Gasteiger partial charge in [-0.1, -0.05) is 6.07 Å². The zero-order valence-corrected chi connectivity index (χ0v) is 22.8. The van der Waals surface area contributed by atoms with Gasteiger partial charge in [-0.3, -0.25) is 15.1 Å². The van der Waals surface area contributed by atoms with Crippen molar-refractivity contribution in [2.75, 3.05) is 31.0 Å². The van der Waals surface area contributed by atoms with E-state index in [1.165, 1.54) is 18.4 Å². The van der Waals surface area contributed by atoms with Gasteiger partial charge in [0.1, 0.15) is 21.3 Å². The number of hydrogen-bond acceptors (Lipinski definition) is 8. The SMILES string of the molecule is CN(C)c1cncc(-c2cc3c(-c4nc5nccc(-c6cc(F)cc(CCS(C)(=O)=O)c6)c5[nH]4)n[nH]c3cn2)c1. The van der Waals surface area contributed by atoms with Crippen LogP contribution < -0.4 is 4.90 Å². The summed E-state index contributed by atoms with van der Waals surface area (Å²) in [6, 6.07) is 10.3. The average Bonchev–Trinajstić information content (AvgIpc) is 3.55. The molecule has 0 saturated carbocycles. The molecular weight excluding hydrogens is 531 g/mol. The number of aromatic nitrogens is 7. The molecule has 0 aliphatic carbocycles. The molecule has 40 heavy (non-hydrogen) atoms. The number of aryl methyl sites for hydroxylation is 1. The first-order valence-corrected chi connectivity index (χ1v) is 14.5. The van der Waals surface area contributed by atoms with E-state index in [0.29, 0.717) is 39.4 Å². The van der Waals surface area contributed by atoms with Crippen molar-refractivity contribution in [1.29, 1.82) is 0 Å². The fraction of sp³-hybridized carbons (Fsp3) is 0.179. The van der Waals surface area contributed by atoms with Gasteiger partial charge in [-0.2, -0.15) is 5.10 Å². The van der Waals surface area contributed by atoms with Gasteiger partial charge in [-0.15, -0.1) is 0 Å². The number of H-pyrrole nitrogens is 2. The summed E-state index contributed by atoms with van der Waals surface area (Å²) in [6.07, 6.45) is 8.27. The molecule has 0 saturated heterocycles. The molecule has 0 spiro atoms. The first kappa shape index (κ1) is 25.6. The molecule has 6 rings (SSSR count). The Hall–Kier alpha value is -4.71. The van der Waals surface area contributed by atoms with E-state index in [9.17, 15) is 12.8 Å². The van der Waals surface area contributed by atoms with E-state index < -0.39 is 15.7 Å². The molecule has 0 fully saturated rings. The van der Waals surface area contributed by atoms with Crippen LogP contribution in [0.5, 0.6) is 0 Å². The van der Waals surface area contributed by atoms with E-state index in [2.05, 4.69) is 35.1 Å². The number of anilines is 1. The maximum Gasteiger partial charge on any atom is 0.178 e. The van der Waals surface area contributed by atoms with Crippen LogP contribution in [0.15, 0.2) is 61.2 Å². The van der Waals surface area contributed by atoms with Crippen LogP contribution in [-0.2, 0) is 16.3 Å². The largest absolute Gasteiger partial charge is 0.376 e. The Morgan fingerprint density at radius 2 is 1.85 bits per heavy atom. The van der Waals surface area contributed by atoms with E-state index in [4.69, 9.17) is 0 Å². The van der Waals surface area contributed by atoms with Gasteiger partial charge in [-0.05, 0) is 47.9 Å². The summed E-state index contributed by atoms with van der Waals surface area (Å²) < 4.78 is 37.8. The summed E-state index contributed by atoms with van der Waals surface area (Å²) >= 11 is 0. The maximum atomic E-state index is 14.6. The van der Waals surface area contributed by atoms with Crippen LogP contribution in [0.3, 0.4) is 0 Å². The van der Waals surface area contributed by atoms with Crippen molar-refractivity contribution in [3.8, 4) is 33.9 Å². The number of fused-ring (bicyclic) bond motifs is 2. The van der Waals surface area contributed by atoms with Crippen LogP contribution in [0.1, 0.15) is 5.56 Å². The Kier molecular flexibility index (Phi) is 6.26. The van der Waals surface area contributed by atoms with Crippen molar-refractivity contribution in [3.05, 3.63) is 72.6 Å². The van der Waals surface area contributed by atoms with Crippen molar-refractivity contribution in [3.63, 3.8) is 0 Å². The number of halogens is 1. The zero-order chi connectivity index (χ0) is 28.0. The summed E-state index contributed by atoms with van der Waals surface area (Å²) in [5.41, 5.74) is 6.84. The van der Waals surface area contributed by atoms with Crippen molar-refractivity contribution in [1.82, 2.24) is 35.1 Å². The van der Waals surface area contributed by atoms with Gasteiger partial charge in [0.2, 0.25) is 0 Å². The minimum absolute atomic E-state index is 0.0611. The van der Waals surface area contributed by atoms with E-state index >= 15 is 0 Å². The van der Waals surface area contributed by atoms with E-state index in [1.54, 1.807) is 36.9 Å². The van der Waals surface area contributed by atoms with Crippen LogP contribution in [0.4, 0.5) is 10.1 Å². The first-order valence-electron chi connectivity index (χ1n) is 12.4. The number of nitrogens with zero attached hydrogens (tertiary/aromatic N) is 6.